The number of hydrogen-bond donors (Lipinski definition) is 1. The molecule has 0 aliphatic heterocycles. The molecule has 7 nitrogen and oxygen atoms in total. The molecule has 2 aromatic heterocycles. The average Bonchev–Trinajstić information content (AvgIpc) is 3.07. The van der Waals surface area contributed by atoms with Gasteiger partial charge in [-0.3, -0.25) is 4.79 Å². The Labute approximate surface area is 178 Å². The topological polar surface area (TPSA) is 81.9 Å². The molecule has 3 rings (SSSR count). The quantitative estimate of drug-likeness (QED) is 0.536. The van der Waals surface area contributed by atoms with Crippen molar-refractivity contribution in [3.05, 3.63) is 58.5 Å². The Balaban J connectivity index is 1.58. The monoisotopic (exact) mass is 431 g/mol. The summed E-state index contributed by atoms with van der Waals surface area (Å²) in [6.07, 6.45) is 1.49. The van der Waals surface area contributed by atoms with E-state index >= 15 is 0 Å². The van der Waals surface area contributed by atoms with Crippen molar-refractivity contribution in [3.63, 3.8) is 0 Å². The van der Waals surface area contributed by atoms with Gasteiger partial charge < -0.3 is 14.6 Å². The maximum atomic E-state index is 12.2. The van der Waals surface area contributed by atoms with E-state index in [2.05, 4.69) is 26.6 Å². The number of halogens is 1. The average molecular weight is 432 g/mol. The second-order valence-corrected chi connectivity index (χ2v) is 7.83. The molecule has 0 fully saturated rings. The fourth-order valence-corrected chi connectivity index (χ4v) is 3.71. The number of hydrogen-bond acceptors (Lipinski definition) is 6. The van der Waals surface area contributed by atoms with E-state index in [0.29, 0.717) is 35.0 Å². The molecule has 152 valence electrons. The summed E-state index contributed by atoms with van der Waals surface area (Å²) in [5, 5.41) is 12.4. The molecule has 0 aliphatic rings. The van der Waals surface area contributed by atoms with Gasteiger partial charge in [-0.15, -0.1) is 10.2 Å². The highest BCUT2D eigenvalue weighted by Crippen LogP contribution is 2.20. The van der Waals surface area contributed by atoms with Gasteiger partial charge >= 0.3 is 0 Å². The standard InChI is InChI=1S/C20H22ClN5O2S/c1-4-26-18(11-28-16-8-13(2)7-14(3)9-16)24-25-20(26)29-12-19(27)23-17-6-5-15(21)10-22-17/h5-10H,4,11-12H2,1-3H3,(H,22,23,27). The molecule has 2 heterocycles. The number of benzene rings is 1. The van der Waals surface area contributed by atoms with Crippen LogP contribution >= 0.6 is 23.4 Å². The van der Waals surface area contributed by atoms with Gasteiger partial charge in [-0.05, 0) is 56.2 Å². The number of carbonyl (C=O) groups is 1. The molecule has 0 spiro atoms. The number of nitrogens with zero attached hydrogens (tertiary/aromatic N) is 4. The predicted octanol–water partition coefficient (Wildman–Crippen LogP) is 4.27. The second-order valence-electron chi connectivity index (χ2n) is 6.45. The van der Waals surface area contributed by atoms with Crippen LogP contribution in [-0.4, -0.2) is 31.4 Å². The minimum absolute atomic E-state index is 0.177. The number of nitrogens with one attached hydrogen (secondary N) is 1. The summed E-state index contributed by atoms with van der Waals surface area (Å²) < 4.78 is 7.84. The lowest BCUT2D eigenvalue weighted by Crippen LogP contribution is -2.15. The summed E-state index contributed by atoms with van der Waals surface area (Å²) in [6.45, 7) is 7.07. The second kappa shape index (κ2) is 9.76. The summed E-state index contributed by atoms with van der Waals surface area (Å²) >= 11 is 7.12. The zero-order valence-corrected chi connectivity index (χ0v) is 18.0. The van der Waals surface area contributed by atoms with Gasteiger partial charge in [-0.1, -0.05) is 29.4 Å². The molecule has 0 radical (unpaired) electrons. The molecule has 1 N–H and O–H groups in total. The van der Waals surface area contributed by atoms with E-state index in [-0.39, 0.29) is 11.7 Å². The zero-order valence-electron chi connectivity index (χ0n) is 16.5. The van der Waals surface area contributed by atoms with Gasteiger partial charge in [0.1, 0.15) is 18.2 Å². The first-order chi connectivity index (χ1) is 13.9. The Kier molecular flexibility index (Phi) is 7.11. The van der Waals surface area contributed by atoms with Gasteiger partial charge in [0.25, 0.3) is 0 Å². The van der Waals surface area contributed by atoms with Gasteiger partial charge in [0, 0.05) is 12.7 Å². The maximum Gasteiger partial charge on any atom is 0.236 e. The molecule has 0 atom stereocenters. The van der Waals surface area contributed by atoms with Gasteiger partial charge in [0.2, 0.25) is 5.91 Å². The van der Waals surface area contributed by atoms with E-state index in [1.54, 1.807) is 12.1 Å². The van der Waals surface area contributed by atoms with E-state index in [4.69, 9.17) is 16.3 Å². The van der Waals surface area contributed by atoms with Crippen molar-refractivity contribution in [3.8, 4) is 5.75 Å². The third kappa shape index (κ3) is 5.95. The number of pyridine rings is 1. The number of carbonyl (C=O) groups excluding carboxylic acids is 1. The smallest absolute Gasteiger partial charge is 0.236 e. The summed E-state index contributed by atoms with van der Waals surface area (Å²) in [5.74, 6) is 1.99. The number of aromatic nitrogens is 4. The van der Waals surface area contributed by atoms with Crippen molar-refractivity contribution in [2.45, 2.75) is 39.1 Å². The number of anilines is 1. The molecule has 0 saturated heterocycles. The van der Waals surface area contributed by atoms with Crippen molar-refractivity contribution in [1.29, 1.82) is 0 Å². The third-order valence-electron chi connectivity index (χ3n) is 4.00. The largest absolute Gasteiger partial charge is 0.486 e. The number of rotatable bonds is 8. The van der Waals surface area contributed by atoms with Crippen molar-refractivity contribution >= 4 is 35.1 Å². The molecule has 9 heteroatoms. The number of amides is 1. The van der Waals surface area contributed by atoms with Gasteiger partial charge in [-0.2, -0.15) is 0 Å². The van der Waals surface area contributed by atoms with Crippen LogP contribution in [0.3, 0.4) is 0 Å². The summed E-state index contributed by atoms with van der Waals surface area (Å²) in [6, 6.07) is 9.41. The highest BCUT2D eigenvalue weighted by molar-refractivity contribution is 7.99. The first-order valence-electron chi connectivity index (χ1n) is 9.12. The van der Waals surface area contributed by atoms with Crippen LogP contribution in [0.2, 0.25) is 5.02 Å². The molecular formula is C20H22ClN5O2S. The Morgan fingerprint density at radius 3 is 2.62 bits per heavy atom. The highest BCUT2D eigenvalue weighted by atomic mass is 35.5. The number of ether oxygens (including phenoxy) is 1. The molecule has 3 aromatic rings. The van der Waals surface area contributed by atoms with Crippen LogP contribution in [0.25, 0.3) is 0 Å². The van der Waals surface area contributed by atoms with Crippen LogP contribution in [0.4, 0.5) is 5.82 Å². The van der Waals surface area contributed by atoms with Crippen LogP contribution in [0.1, 0.15) is 23.9 Å². The van der Waals surface area contributed by atoms with Crippen molar-refractivity contribution in [2.24, 2.45) is 0 Å². The first kappa shape index (κ1) is 21.1. The van der Waals surface area contributed by atoms with E-state index in [0.717, 1.165) is 16.9 Å². The lowest BCUT2D eigenvalue weighted by molar-refractivity contribution is -0.113. The minimum atomic E-state index is -0.177. The summed E-state index contributed by atoms with van der Waals surface area (Å²) in [7, 11) is 0. The lowest BCUT2D eigenvalue weighted by atomic mass is 10.1. The van der Waals surface area contributed by atoms with E-state index in [9.17, 15) is 4.79 Å². The van der Waals surface area contributed by atoms with Gasteiger partial charge in [0.05, 0.1) is 10.8 Å². The minimum Gasteiger partial charge on any atom is -0.486 e. The molecule has 1 aromatic carbocycles. The lowest BCUT2D eigenvalue weighted by Gasteiger charge is -2.10. The fourth-order valence-electron chi connectivity index (χ4n) is 2.77. The van der Waals surface area contributed by atoms with Gasteiger partial charge in [-0.25, -0.2) is 4.98 Å². The highest BCUT2D eigenvalue weighted by Gasteiger charge is 2.14. The number of thioether (sulfide) groups is 1. The molecule has 0 aliphatic carbocycles. The van der Waals surface area contributed by atoms with Crippen LogP contribution in [0.15, 0.2) is 41.7 Å². The van der Waals surface area contributed by atoms with Gasteiger partial charge in [0.15, 0.2) is 11.0 Å². The molecule has 0 unspecified atom stereocenters. The van der Waals surface area contributed by atoms with Crippen LogP contribution in [0, 0.1) is 13.8 Å². The van der Waals surface area contributed by atoms with E-state index in [1.807, 2.05) is 37.5 Å². The van der Waals surface area contributed by atoms with E-state index < -0.39 is 0 Å². The Hall–Kier alpha value is -2.58. The normalized spacial score (nSPS) is 10.8. The Morgan fingerprint density at radius 1 is 1.21 bits per heavy atom. The first-order valence-corrected chi connectivity index (χ1v) is 10.5. The van der Waals surface area contributed by atoms with Crippen LogP contribution in [-0.2, 0) is 17.9 Å². The molecular weight excluding hydrogens is 410 g/mol. The molecule has 0 saturated carbocycles. The van der Waals surface area contributed by atoms with Crippen molar-refractivity contribution < 1.29 is 9.53 Å². The summed E-state index contributed by atoms with van der Waals surface area (Å²) in [5.41, 5.74) is 2.30. The predicted molar refractivity (Wildman–Crippen MR) is 115 cm³/mol. The van der Waals surface area contributed by atoms with Crippen molar-refractivity contribution in [2.75, 3.05) is 11.1 Å². The molecule has 0 bridgehead atoms. The zero-order chi connectivity index (χ0) is 20.8. The van der Waals surface area contributed by atoms with E-state index in [1.165, 1.54) is 18.0 Å². The fraction of sp³-hybridized carbons (Fsp3) is 0.300. The number of aryl methyl sites for hydroxylation is 2. The van der Waals surface area contributed by atoms with Crippen molar-refractivity contribution in [1.82, 2.24) is 19.7 Å². The Morgan fingerprint density at radius 2 is 1.97 bits per heavy atom. The van der Waals surface area contributed by atoms with Crippen LogP contribution < -0.4 is 10.1 Å². The molecule has 29 heavy (non-hydrogen) atoms. The third-order valence-corrected chi connectivity index (χ3v) is 5.19. The molecule has 1 amide bonds. The Bertz CT molecular complexity index is 971. The summed E-state index contributed by atoms with van der Waals surface area (Å²) in [4.78, 5) is 16.2. The maximum absolute atomic E-state index is 12.2. The van der Waals surface area contributed by atoms with Crippen LogP contribution in [0.5, 0.6) is 5.75 Å². The SMILES string of the molecule is CCn1c(COc2cc(C)cc(C)c2)nnc1SCC(=O)Nc1ccc(Cl)cn1.